The van der Waals surface area contributed by atoms with Gasteiger partial charge in [-0.15, -0.1) is 0 Å². The second kappa shape index (κ2) is 15.2. The number of ether oxygens (including phenoxy) is 6. The normalized spacial score (nSPS) is 31.0. The molecule has 0 amide bonds. The van der Waals surface area contributed by atoms with Gasteiger partial charge in [0.2, 0.25) is 0 Å². The highest BCUT2D eigenvalue weighted by Crippen LogP contribution is 2.31. The van der Waals surface area contributed by atoms with Gasteiger partial charge in [-0.2, -0.15) is 0 Å². The number of aliphatic hydroxyl groups is 5. The zero-order valence-corrected chi connectivity index (χ0v) is 24.4. The monoisotopic (exact) mass is 638 g/mol. The Morgan fingerprint density at radius 3 is 2.38 bits per heavy atom. The van der Waals surface area contributed by atoms with Gasteiger partial charge in [0.05, 0.1) is 32.5 Å². The summed E-state index contributed by atoms with van der Waals surface area (Å²) in [7, 11) is 1.39. The van der Waals surface area contributed by atoms with Crippen LogP contribution in [-0.4, -0.2) is 122 Å². The molecule has 15 heteroatoms. The van der Waals surface area contributed by atoms with Crippen molar-refractivity contribution < 1.29 is 74.1 Å². The SMILES string of the molecule is COc1ccc(/C=C/C(=O)OC2[C@@H](CO[C@@H]3O[C@@H](C)[C@H](O)C[C@@H]3O)OC(OCC(O)c3ccc(O)c(O)c3)[C@H](O)[C@H]2O)cc1O. The van der Waals surface area contributed by atoms with Crippen molar-refractivity contribution in [2.45, 2.75) is 74.8 Å². The van der Waals surface area contributed by atoms with Gasteiger partial charge in [-0.1, -0.05) is 12.1 Å². The lowest BCUT2D eigenvalue weighted by Crippen LogP contribution is -2.61. The van der Waals surface area contributed by atoms with E-state index in [1.54, 1.807) is 13.0 Å². The molecule has 0 bridgehead atoms. The minimum atomic E-state index is -1.77. The van der Waals surface area contributed by atoms with Crippen LogP contribution >= 0.6 is 0 Å². The van der Waals surface area contributed by atoms with Gasteiger partial charge in [0, 0.05) is 12.5 Å². The maximum absolute atomic E-state index is 12.8. The van der Waals surface area contributed by atoms with Gasteiger partial charge in [0.15, 0.2) is 41.7 Å². The van der Waals surface area contributed by atoms with Gasteiger partial charge in [0.25, 0.3) is 0 Å². The third kappa shape index (κ3) is 8.61. The highest BCUT2D eigenvalue weighted by molar-refractivity contribution is 5.87. The number of esters is 1. The van der Waals surface area contributed by atoms with E-state index in [1.165, 1.54) is 37.5 Å². The lowest BCUT2D eigenvalue weighted by molar-refractivity contribution is -0.322. The number of phenolic OH excluding ortho intramolecular Hbond substituents is 3. The van der Waals surface area contributed by atoms with Crippen molar-refractivity contribution in [1.82, 2.24) is 0 Å². The molecular weight excluding hydrogens is 600 g/mol. The van der Waals surface area contributed by atoms with E-state index in [9.17, 15) is 45.6 Å². The summed E-state index contributed by atoms with van der Waals surface area (Å²) in [4.78, 5) is 12.8. The fourth-order valence-electron chi connectivity index (χ4n) is 4.78. The largest absolute Gasteiger partial charge is 0.504 e. The minimum Gasteiger partial charge on any atom is -0.504 e. The Morgan fingerprint density at radius 1 is 0.933 bits per heavy atom. The van der Waals surface area contributed by atoms with Gasteiger partial charge in [-0.3, -0.25) is 0 Å². The van der Waals surface area contributed by atoms with Crippen molar-refractivity contribution >= 4 is 12.0 Å². The average Bonchev–Trinajstić information content (AvgIpc) is 3.01. The second-order valence-electron chi connectivity index (χ2n) is 10.7. The quantitative estimate of drug-likeness (QED) is 0.0905. The van der Waals surface area contributed by atoms with E-state index in [0.29, 0.717) is 5.56 Å². The van der Waals surface area contributed by atoms with Crippen LogP contribution in [0.25, 0.3) is 6.08 Å². The summed E-state index contributed by atoms with van der Waals surface area (Å²) >= 11 is 0. The van der Waals surface area contributed by atoms with Crippen LogP contribution in [0.15, 0.2) is 42.5 Å². The van der Waals surface area contributed by atoms with Crippen LogP contribution in [0.3, 0.4) is 0 Å². The zero-order chi connectivity index (χ0) is 32.8. The standard InChI is InChI=1S/C30H38O15/c1-14-18(32)11-21(35)29(43-14)42-13-24-28(45-25(37)8-4-15-3-7-23(40-2)20(34)9-15)26(38)27(39)30(44-24)41-12-22(36)16-5-6-17(31)19(33)10-16/h3-10,14,18,21-22,24,26-36,38-39H,11-13H2,1-2H3/b8-4+/t14-,18+,21-,22?,24+,26+,27+,28?,29+,30?/m0/s1. The number of methoxy groups -OCH3 is 1. The Balaban J connectivity index is 1.46. The Labute approximate surface area is 258 Å². The lowest BCUT2D eigenvalue weighted by Gasteiger charge is -2.42. The molecule has 45 heavy (non-hydrogen) atoms. The summed E-state index contributed by atoms with van der Waals surface area (Å²) in [6.45, 7) is 0.678. The van der Waals surface area contributed by atoms with Gasteiger partial charge in [0.1, 0.15) is 30.5 Å². The molecule has 2 aromatic rings. The summed E-state index contributed by atoms with van der Waals surface area (Å²) in [5.74, 6) is -1.72. The fourth-order valence-corrected chi connectivity index (χ4v) is 4.78. The number of hydrogen-bond acceptors (Lipinski definition) is 15. The summed E-state index contributed by atoms with van der Waals surface area (Å²) in [5, 5.41) is 81.7. The predicted molar refractivity (Wildman–Crippen MR) is 152 cm³/mol. The van der Waals surface area contributed by atoms with Crippen LogP contribution in [0.5, 0.6) is 23.0 Å². The Kier molecular flexibility index (Phi) is 11.6. The third-order valence-corrected chi connectivity index (χ3v) is 7.42. The van der Waals surface area contributed by atoms with E-state index in [1.807, 2.05) is 0 Å². The molecule has 10 atom stereocenters. The molecule has 2 aromatic carbocycles. The highest BCUT2D eigenvalue weighted by Gasteiger charge is 2.48. The Morgan fingerprint density at radius 2 is 1.69 bits per heavy atom. The van der Waals surface area contributed by atoms with Gasteiger partial charge in [-0.25, -0.2) is 4.79 Å². The van der Waals surface area contributed by atoms with Crippen molar-refractivity contribution in [2.75, 3.05) is 20.3 Å². The van der Waals surface area contributed by atoms with Crippen molar-refractivity contribution in [3.8, 4) is 23.0 Å². The third-order valence-electron chi connectivity index (χ3n) is 7.42. The first-order valence-electron chi connectivity index (χ1n) is 14.1. The molecule has 8 N–H and O–H groups in total. The van der Waals surface area contributed by atoms with Crippen LogP contribution < -0.4 is 4.74 Å². The maximum atomic E-state index is 12.8. The lowest BCUT2D eigenvalue weighted by atomic mass is 9.98. The number of carbonyl (C=O) groups excluding carboxylic acids is 1. The summed E-state index contributed by atoms with van der Waals surface area (Å²) in [6.07, 6.45) is -10.9. The molecule has 2 heterocycles. The van der Waals surface area contributed by atoms with Crippen molar-refractivity contribution in [3.63, 3.8) is 0 Å². The molecule has 0 saturated carbocycles. The van der Waals surface area contributed by atoms with Crippen molar-refractivity contribution in [3.05, 3.63) is 53.6 Å². The Hall–Kier alpha value is -3.51. The fraction of sp³-hybridized carbons (Fsp3) is 0.500. The highest BCUT2D eigenvalue weighted by atomic mass is 16.7. The van der Waals surface area contributed by atoms with E-state index in [4.69, 9.17) is 28.4 Å². The molecule has 0 aliphatic carbocycles. The number of benzene rings is 2. The molecule has 248 valence electrons. The molecule has 0 aromatic heterocycles. The number of phenols is 3. The number of carbonyl (C=O) groups is 1. The number of rotatable bonds is 11. The molecule has 15 nitrogen and oxygen atoms in total. The number of aromatic hydroxyl groups is 3. The molecule has 2 saturated heterocycles. The molecular formula is C30H38O15. The first-order chi connectivity index (χ1) is 21.4. The van der Waals surface area contributed by atoms with Crippen LogP contribution in [0.2, 0.25) is 0 Å². The van der Waals surface area contributed by atoms with Crippen LogP contribution in [0, 0.1) is 0 Å². The first kappa shape index (κ1) is 34.4. The predicted octanol–water partition coefficient (Wildman–Crippen LogP) is -0.193. The molecule has 2 fully saturated rings. The molecule has 2 aliphatic rings. The van der Waals surface area contributed by atoms with Crippen molar-refractivity contribution in [2.24, 2.45) is 0 Å². The van der Waals surface area contributed by atoms with Crippen LogP contribution in [-0.2, 0) is 28.5 Å². The zero-order valence-electron chi connectivity index (χ0n) is 24.4. The maximum Gasteiger partial charge on any atom is 0.331 e. The smallest absolute Gasteiger partial charge is 0.331 e. The average molecular weight is 639 g/mol. The number of hydrogen-bond donors (Lipinski definition) is 8. The Bertz CT molecular complexity index is 1320. The van der Waals surface area contributed by atoms with Gasteiger partial charge in [-0.05, 0) is 48.4 Å². The molecule has 3 unspecified atom stereocenters. The first-order valence-corrected chi connectivity index (χ1v) is 14.1. The van der Waals surface area contributed by atoms with E-state index in [2.05, 4.69) is 0 Å². The van der Waals surface area contributed by atoms with Crippen molar-refractivity contribution in [1.29, 1.82) is 0 Å². The van der Waals surface area contributed by atoms with E-state index < -0.39 is 92.1 Å². The number of aliphatic hydroxyl groups excluding tert-OH is 5. The van der Waals surface area contributed by atoms with Crippen LogP contribution in [0.4, 0.5) is 0 Å². The second-order valence-corrected chi connectivity index (χ2v) is 10.7. The molecule has 4 rings (SSSR count). The molecule has 0 spiro atoms. The van der Waals surface area contributed by atoms with E-state index in [0.717, 1.165) is 12.1 Å². The summed E-state index contributed by atoms with van der Waals surface area (Å²) in [6, 6.07) is 8.05. The molecule has 2 aliphatic heterocycles. The van der Waals surface area contributed by atoms with Gasteiger partial charge >= 0.3 is 5.97 Å². The summed E-state index contributed by atoms with van der Waals surface area (Å²) in [5.41, 5.74) is 0.610. The minimum absolute atomic E-state index is 0.0285. The molecule has 0 radical (unpaired) electrons. The topological polar surface area (TPSA) is 234 Å². The van der Waals surface area contributed by atoms with Crippen LogP contribution in [0.1, 0.15) is 30.6 Å². The van der Waals surface area contributed by atoms with Gasteiger partial charge < -0.3 is 69.3 Å². The van der Waals surface area contributed by atoms with E-state index >= 15 is 0 Å². The summed E-state index contributed by atoms with van der Waals surface area (Å²) < 4.78 is 32.9. The van der Waals surface area contributed by atoms with E-state index in [-0.39, 0.29) is 23.5 Å².